The molecule has 7 heteroatoms. The molecule has 1 aliphatic heterocycles. The van der Waals surface area contributed by atoms with Crippen molar-refractivity contribution < 1.29 is 19.0 Å². The third kappa shape index (κ3) is 5.69. The van der Waals surface area contributed by atoms with E-state index in [1.54, 1.807) is 0 Å². The molecule has 2 fully saturated rings. The van der Waals surface area contributed by atoms with Crippen LogP contribution in [0.1, 0.15) is 30.9 Å². The predicted octanol–water partition coefficient (Wildman–Crippen LogP) is 1.98. The van der Waals surface area contributed by atoms with Crippen molar-refractivity contribution in [1.82, 2.24) is 10.2 Å². The van der Waals surface area contributed by atoms with Crippen molar-refractivity contribution in [3.8, 4) is 11.8 Å². The van der Waals surface area contributed by atoms with Crippen molar-refractivity contribution in [2.24, 2.45) is 5.41 Å². The standard InChI is InChI=1S/C17H22FN3O.CH2O2/c1-17(2-3-17)12-22-16-13(10-19)8-15(18)9-14(16)11-21-6-4-20-5-7-21;2-1-3/h8-9,20H,2-7,11-12H2,1H3;1H,(H,2,3). The highest BCUT2D eigenvalue weighted by Gasteiger charge is 2.38. The molecule has 1 aliphatic carbocycles. The number of carboxylic acid groups (broad SMARTS) is 1. The molecule has 0 atom stereocenters. The molecule has 0 amide bonds. The molecule has 0 aromatic heterocycles. The summed E-state index contributed by atoms with van der Waals surface area (Å²) in [7, 11) is 0. The van der Waals surface area contributed by atoms with Crippen molar-refractivity contribution in [1.29, 1.82) is 5.26 Å². The number of benzene rings is 1. The van der Waals surface area contributed by atoms with Crippen LogP contribution in [0.15, 0.2) is 12.1 Å². The highest BCUT2D eigenvalue weighted by Crippen LogP contribution is 2.45. The molecule has 0 spiro atoms. The summed E-state index contributed by atoms with van der Waals surface area (Å²) in [6, 6.07) is 4.85. The third-order valence-electron chi connectivity index (χ3n) is 4.52. The Morgan fingerprint density at radius 2 is 2.08 bits per heavy atom. The van der Waals surface area contributed by atoms with Gasteiger partial charge in [0.15, 0.2) is 0 Å². The van der Waals surface area contributed by atoms with E-state index in [-0.39, 0.29) is 17.7 Å². The number of hydrogen-bond donors (Lipinski definition) is 2. The summed E-state index contributed by atoms with van der Waals surface area (Å²) in [5.74, 6) is 0.197. The molecule has 136 valence electrons. The first-order valence-electron chi connectivity index (χ1n) is 8.37. The summed E-state index contributed by atoms with van der Waals surface area (Å²) in [6.45, 7) is 6.88. The van der Waals surface area contributed by atoms with Crippen LogP contribution in [-0.2, 0) is 11.3 Å². The number of nitrogens with one attached hydrogen (secondary N) is 1. The molecule has 1 saturated heterocycles. The van der Waals surface area contributed by atoms with Gasteiger partial charge in [-0.25, -0.2) is 4.39 Å². The van der Waals surface area contributed by atoms with Crippen molar-refractivity contribution in [3.63, 3.8) is 0 Å². The van der Waals surface area contributed by atoms with Crippen LogP contribution in [0.2, 0.25) is 0 Å². The van der Waals surface area contributed by atoms with E-state index in [9.17, 15) is 9.65 Å². The molecule has 6 nitrogen and oxygen atoms in total. The van der Waals surface area contributed by atoms with Gasteiger partial charge in [-0.15, -0.1) is 0 Å². The first-order chi connectivity index (χ1) is 12.0. The Labute approximate surface area is 147 Å². The molecule has 0 unspecified atom stereocenters. The molecule has 1 aromatic carbocycles. The fraction of sp³-hybridized carbons (Fsp3) is 0.556. The lowest BCUT2D eigenvalue weighted by atomic mass is 10.1. The fourth-order valence-corrected chi connectivity index (χ4v) is 2.74. The molecule has 3 rings (SSSR count). The maximum Gasteiger partial charge on any atom is 0.290 e. The van der Waals surface area contributed by atoms with Crippen LogP contribution >= 0.6 is 0 Å². The van der Waals surface area contributed by atoms with E-state index in [1.807, 2.05) is 0 Å². The average Bonchev–Trinajstić information content (AvgIpc) is 3.33. The SMILES string of the molecule is CC1(COc2c(C#N)cc(F)cc2CN2CCNCC2)CC1.O=CO. The van der Waals surface area contributed by atoms with E-state index in [4.69, 9.17) is 14.6 Å². The van der Waals surface area contributed by atoms with E-state index in [0.717, 1.165) is 44.6 Å². The smallest absolute Gasteiger partial charge is 0.290 e. The van der Waals surface area contributed by atoms with Gasteiger partial charge in [0.1, 0.15) is 17.6 Å². The monoisotopic (exact) mass is 349 g/mol. The normalized spacial score (nSPS) is 18.4. The Balaban J connectivity index is 0.000000701. The fourth-order valence-electron chi connectivity index (χ4n) is 2.74. The van der Waals surface area contributed by atoms with Gasteiger partial charge in [-0.05, 0) is 25.0 Å². The quantitative estimate of drug-likeness (QED) is 0.791. The highest BCUT2D eigenvalue weighted by atomic mass is 19.1. The van der Waals surface area contributed by atoms with Crippen molar-refractivity contribution in [2.45, 2.75) is 26.3 Å². The second-order valence-corrected chi connectivity index (χ2v) is 6.78. The van der Waals surface area contributed by atoms with E-state index in [0.29, 0.717) is 24.5 Å². The highest BCUT2D eigenvalue weighted by molar-refractivity contribution is 5.49. The summed E-state index contributed by atoms with van der Waals surface area (Å²) in [5.41, 5.74) is 1.31. The van der Waals surface area contributed by atoms with Crippen LogP contribution in [0, 0.1) is 22.6 Å². The van der Waals surface area contributed by atoms with Crippen LogP contribution in [-0.4, -0.2) is 49.3 Å². The number of halogens is 1. The number of hydrogen-bond acceptors (Lipinski definition) is 5. The van der Waals surface area contributed by atoms with Gasteiger partial charge in [-0.1, -0.05) is 6.92 Å². The lowest BCUT2D eigenvalue weighted by molar-refractivity contribution is -0.122. The summed E-state index contributed by atoms with van der Waals surface area (Å²) in [4.78, 5) is 10.6. The maximum absolute atomic E-state index is 13.8. The van der Waals surface area contributed by atoms with Gasteiger partial charge in [0.2, 0.25) is 0 Å². The number of nitriles is 1. The summed E-state index contributed by atoms with van der Waals surface area (Å²) >= 11 is 0. The van der Waals surface area contributed by atoms with Crippen molar-refractivity contribution in [3.05, 3.63) is 29.1 Å². The van der Waals surface area contributed by atoms with Crippen LogP contribution in [0.5, 0.6) is 5.75 Å². The molecule has 1 aromatic rings. The number of piperazine rings is 1. The number of carbonyl (C=O) groups is 1. The Morgan fingerprint density at radius 3 is 2.64 bits per heavy atom. The zero-order valence-electron chi connectivity index (χ0n) is 14.4. The molecule has 2 N–H and O–H groups in total. The number of rotatable bonds is 5. The topological polar surface area (TPSA) is 85.6 Å². The van der Waals surface area contributed by atoms with Gasteiger partial charge < -0.3 is 15.2 Å². The second-order valence-electron chi connectivity index (χ2n) is 6.78. The van der Waals surface area contributed by atoms with Gasteiger partial charge in [-0.2, -0.15) is 5.26 Å². The molecule has 1 heterocycles. The Morgan fingerprint density at radius 1 is 1.44 bits per heavy atom. The number of ether oxygens (including phenoxy) is 1. The molecule has 1 saturated carbocycles. The van der Waals surface area contributed by atoms with Crippen molar-refractivity contribution in [2.75, 3.05) is 32.8 Å². The summed E-state index contributed by atoms with van der Waals surface area (Å²) < 4.78 is 19.7. The minimum atomic E-state index is -0.369. The molecular weight excluding hydrogens is 325 g/mol. The van der Waals surface area contributed by atoms with Gasteiger partial charge in [0.05, 0.1) is 12.2 Å². The Hall–Kier alpha value is -2.17. The molecule has 25 heavy (non-hydrogen) atoms. The third-order valence-corrected chi connectivity index (χ3v) is 4.52. The minimum absolute atomic E-state index is 0.230. The zero-order chi connectivity index (χ0) is 18.3. The largest absolute Gasteiger partial charge is 0.491 e. The second kappa shape index (κ2) is 8.79. The van der Waals surface area contributed by atoms with Crippen LogP contribution in [0.3, 0.4) is 0 Å². The minimum Gasteiger partial charge on any atom is -0.491 e. The van der Waals surface area contributed by atoms with Crippen molar-refractivity contribution >= 4 is 6.47 Å². The summed E-state index contributed by atoms with van der Waals surface area (Å²) in [5, 5.41) is 19.5. The molecule has 0 radical (unpaired) electrons. The van der Waals surface area contributed by atoms with Gasteiger partial charge >= 0.3 is 0 Å². The predicted molar refractivity (Wildman–Crippen MR) is 90.8 cm³/mol. The Bertz CT molecular complexity index is 635. The average molecular weight is 349 g/mol. The lowest BCUT2D eigenvalue weighted by Gasteiger charge is -2.28. The van der Waals surface area contributed by atoms with Gasteiger partial charge in [0, 0.05) is 43.7 Å². The molecular formula is C18H24FN3O3. The summed E-state index contributed by atoms with van der Waals surface area (Å²) in [6.07, 6.45) is 2.31. The zero-order valence-corrected chi connectivity index (χ0v) is 14.4. The maximum atomic E-state index is 13.8. The van der Waals surface area contributed by atoms with E-state index < -0.39 is 0 Å². The van der Waals surface area contributed by atoms with Crippen LogP contribution in [0.4, 0.5) is 4.39 Å². The molecule has 0 bridgehead atoms. The van der Waals surface area contributed by atoms with Crippen LogP contribution < -0.4 is 10.1 Å². The number of nitrogens with zero attached hydrogens (tertiary/aromatic N) is 2. The Kier molecular flexibility index (Phi) is 6.73. The first kappa shape index (κ1) is 19.2. The van der Waals surface area contributed by atoms with Gasteiger partial charge in [0.25, 0.3) is 6.47 Å². The van der Waals surface area contributed by atoms with E-state index in [2.05, 4.69) is 23.2 Å². The van der Waals surface area contributed by atoms with Crippen LogP contribution in [0.25, 0.3) is 0 Å². The first-order valence-corrected chi connectivity index (χ1v) is 8.37. The molecule has 2 aliphatic rings. The lowest BCUT2D eigenvalue weighted by Crippen LogP contribution is -2.43. The van der Waals surface area contributed by atoms with E-state index >= 15 is 0 Å². The van der Waals surface area contributed by atoms with Gasteiger partial charge in [-0.3, -0.25) is 9.69 Å². The van der Waals surface area contributed by atoms with E-state index in [1.165, 1.54) is 12.1 Å².